The molecule has 176 valence electrons. The maximum absolute atomic E-state index is 13.1. The fourth-order valence-electron chi connectivity index (χ4n) is 2.94. The van der Waals surface area contributed by atoms with Crippen molar-refractivity contribution in [3.63, 3.8) is 0 Å². The van der Waals surface area contributed by atoms with Crippen molar-refractivity contribution in [2.75, 3.05) is 65.9 Å². The first kappa shape index (κ1) is 25.7. The average Bonchev–Trinajstić information content (AvgIpc) is 2.76. The molecule has 1 amide bonds. The van der Waals surface area contributed by atoms with Crippen molar-refractivity contribution >= 4 is 15.9 Å². The van der Waals surface area contributed by atoms with E-state index in [9.17, 15) is 13.2 Å². The summed E-state index contributed by atoms with van der Waals surface area (Å²) in [5.74, 6) is -0.304. The Labute approximate surface area is 185 Å². The molecule has 1 N–H and O–H groups in total. The molecule has 31 heavy (non-hydrogen) atoms. The smallest absolute Gasteiger partial charge is 0.241 e. The van der Waals surface area contributed by atoms with Crippen molar-refractivity contribution in [1.29, 1.82) is 0 Å². The Morgan fingerprint density at radius 3 is 1.81 bits per heavy atom. The summed E-state index contributed by atoms with van der Waals surface area (Å²) >= 11 is 0. The second-order valence-electron chi connectivity index (χ2n) is 7.17. The zero-order valence-corrected chi connectivity index (χ0v) is 19.2. The predicted molar refractivity (Wildman–Crippen MR) is 115 cm³/mol. The molecule has 0 aromatic heterocycles. The Hall–Kier alpha value is -1.56. The number of ether oxygens (including phenoxy) is 4. The highest BCUT2D eigenvalue weighted by atomic mass is 32.2. The summed E-state index contributed by atoms with van der Waals surface area (Å²) in [5, 5.41) is 0. The van der Waals surface area contributed by atoms with Crippen molar-refractivity contribution in [3.8, 4) is 0 Å². The summed E-state index contributed by atoms with van der Waals surface area (Å²) in [7, 11) is -3.82. The van der Waals surface area contributed by atoms with Gasteiger partial charge >= 0.3 is 0 Å². The van der Waals surface area contributed by atoms with Gasteiger partial charge in [0, 0.05) is 13.1 Å². The molecule has 9 nitrogen and oxygen atoms in total. The van der Waals surface area contributed by atoms with E-state index in [-0.39, 0.29) is 10.8 Å². The third-order valence-electron chi connectivity index (χ3n) is 4.77. The second-order valence-corrected chi connectivity index (χ2v) is 8.88. The SMILES string of the molecule is CC[C@@H](NS(=O)(=O)c1ccc(C)cc1)C(=O)N1CCOCCOCCOCCOCC1. The maximum Gasteiger partial charge on any atom is 0.241 e. The van der Waals surface area contributed by atoms with Gasteiger partial charge in [0.25, 0.3) is 0 Å². The molecule has 1 aliphatic heterocycles. The molecule has 0 aliphatic carbocycles. The summed E-state index contributed by atoms with van der Waals surface area (Å²) in [6.45, 7) is 7.68. The van der Waals surface area contributed by atoms with Crippen LogP contribution in [0.25, 0.3) is 0 Å². The van der Waals surface area contributed by atoms with Crippen molar-refractivity contribution in [3.05, 3.63) is 29.8 Å². The molecule has 10 heteroatoms. The first-order chi connectivity index (χ1) is 14.9. The van der Waals surface area contributed by atoms with Crippen LogP contribution in [0.1, 0.15) is 18.9 Å². The number of benzene rings is 1. The van der Waals surface area contributed by atoms with Crippen LogP contribution >= 0.6 is 0 Å². The van der Waals surface area contributed by atoms with E-state index in [0.717, 1.165) is 5.56 Å². The van der Waals surface area contributed by atoms with Gasteiger partial charge in [-0.05, 0) is 25.5 Å². The Morgan fingerprint density at radius 2 is 1.35 bits per heavy atom. The number of rotatable bonds is 5. The Balaban J connectivity index is 2.01. The molecule has 2 rings (SSSR count). The fraction of sp³-hybridized carbons (Fsp3) is 0.667. The average molecular weight is 459 g/mol. The molecule has 0 bridgehead atoms. The predicted octanol–water partition coefficient (Wildman–Crippen LogP) is 0.961. The monoisotopic (exact) mass is 458 g/mol. The largest absolute Gasteiger partial charge is 0.377 e. The number of aryl methyl sites for hydroxylation is 1. The maximum atomic E-state index is 13.1. The molecular weight excluding hydrogens is 424 g/mol. The molecule has 1 atom stereocenters. The molecule has 1 aliphatic rings. The number of amides is 1. The van der Waals surface area contributed by atoms with E-state index in [0.29, 0.717) is 72.4 Å². The lowest BCUT2D eigenvalue weighted by molar-refractivity contribution is -0.134. The summed E-state index contributed by atoms with van der Waals surface area (Å²) in [6.07, 6.45) is 0.323. The number of hydrogen-bond donors (Lipinski definition) is 1. The van der Waals surface area contributed by atoms with Gasteiger partial charge in [0.1, 0.15) is 6.04 Å². The van der Waals surface area contributed by atoms with E-state index in [1.54, 1.807) is 24.0 Å². The number of carbonyl (C=O) groups is 1. The summed E-state index contributed by atoms with van der Waals surface area (Å²) in [5.41, 5.74) is 0.958. The molecule has 0 unspecified atom stereocenters. The highest BCUT2D eigenvalue weighted by Crippen LogP contribution is 2.12. The van der Waals surface area contributed by atoms with Crippen LogP contribution in [0.2, 0.25) is 0 Å². The lowest BCUT2D eigenvalue weighted by atomic mass is 10.2. The van der Waals surface area contributed by atoms with Gasteiger partial charge in [-0.25, -0.2) is 8.42 Å². The van der Waals surface area contributed by atoms with Crippen LogP contribution in [0.4, 0.5) is 0 Å². The van der Waals surface area contributed by atoms with Crippen LogP contribution in [-0.2, 0) is 33.8 Å². The molecule has 0 spiro atoms. The third kappa shape index (κ3) is 9.22. The van der Waals surface area contributed by atoms with Gasteiger partial charge in [0.05, 0.1) is 57.8 Å². The van der Waals surface area contributed by atoms with E-state index in [4.69, 9.17) is 18.9 Å². The van der Waals surface area contributed by atoms with Gasteiger partial charge in [0.15, 0.2) is 0 Å². The van der Waals surface area contributed by atoms with Gasteiger partial charge in [-0.3, -0.25) is 4.79 Å². The van der Waals surface area contributed by atoms with E-state index in [1.807, 2.05) is 6.92 Å². The van der Waals surface area contributed by atoms with Crippen molar-refractivity contribution in [1.82, 2.24) is 9.62 Å². The van der Waals surface area contributed by atoms with Crippen LogP contribution < -0.4 is 4.72 Å². The van der Waals surface area contributed by atoms with Crippen molar-refractivity contribution in [2.45, 2.75) is 31.2 Å². The first-order valence-electron chi connectivity index (χ1n) is 10.6. The zero-order chi connectivity index (χ0) is 22.5. The lowest BCUT2D eigenvalue weighted by Gasteiger charge is -2.27. The van der Waals surface area contributed by atoms with Crippen molar-refractivity contribution in [2.24, 2.45) is 0 Å². The van der Waals surface area contributed by atoms with Gasteiger partial charge in [-0.15, -0.1) is 0 Å². The lowest BCUT2D eigenvalue weighted by Crippen LogP contribution is -2.50. The standard InChI is InChI=1S/C21H34N2O7S/c1-3-20(22-31(25,26)19-6-4-18(2)5-7-19)21(24)23-8-10-27-12-14-29-16-17-30-15-13-28-11-9-23/h4-7,20,22H,3,8-17H2,1-2H3/t20-/m1/s1. The summed E-state index contributed by atoms with van der Waals surface area (Å²) in [6, 6.07) is 5.64. The minimum atomic E-state index is -3.82. The molecule has 1 aromatic rings. The van der Waals surface area contributed by atoms with Crippen molar-refractivity contribution < 1.29 is 32.2 Å². The van der Waals surface area contributed by atoms with Gasteiger partial charge in [-0.2, -0.15) is 4.72 Å². The molecule has 1 aromatic carbocycles. The second kappa shape index (κ2) is 13.8. The molecule has 0 radical (unpaired) electrons. The van der Waals surface area contributed by atoms with Gasteiger partial charge < -0.3 is 23.8 Å². The van der Waals surface area contributed by atoms with Gasteiger partial charge in [0.2, 0.25) is 15.9 Å². The third-order valence-corrected chi connectivity index (χ3v) is 6.26. The fourth-order valence-corrected chi connectivity index (χ4v) is 4.22. The van der Waals surface area contributed by atoms with E-state index in [1.165, 1.54) is 12.1 Å². The minimum absolute atomic E-state index is 0.132. The Bertz CT molecular complexity index is 739. The molecule has 1 saturated heterocycles. The Kier molecular flexibility index (Phi) is 11.4. The van der Waals surface area contributed by atoms with E-state index >= 15 is 0 Å². The summed E-state index contributed by atoms with van der Waals surface area (Å²) < 4.78 is 49.9. The number of sulfonamides is 1. The topological polar surface area (TPSA) is 103 Å². The molecular formula is C21H34N2O7S. The van der Waals surface area contributed by atoms with Crippen LogP contribution in [0, 0.1) is 6.92 Å². The number of nitrogens with one attached hydrogen (secondary N) is 1. The number of carbonyl (C=O) groups excluding carboxylic acids is 1. The van der Waals surface area contributed by atoms with Gasteiger partial charge in [-0.1, -0.05) is 24.6 Å². The molecule has 0 saturated carbocycles. The van der Waals surface area contributed by atoms with Crippen LogP contribution in [-0.4, -0.2) is 91.2 Å². The normalized spacial score (nSPS) is 19.2. The van der Waals surface area contributed by atoms with Crippen LogP contribution in [0.5, 0.6) is 0 Å². The van der Waals surface area contributed by atoms with E-state index < -0.39 is 16.1 Å². The molecule has 1 fully saturated rings. The number of nitrogens with zero attached hydrogens (tertiary/aromatic N) is 1. The molecule has 1 heterocycles. The minimum Gasteiger partial charge on any atom is -0.377 e. The van der Waals surface area contributed by atoms with Crippen LogP contribution in [0.3, 0.4) is 0 Å². The highest BCUT2D eigenvalue weighted by Gasteiger charge is 2.28. The van der Waals surface area contributed by atoms with E-state index in [2.05, 4.69) is 4.72 Å². The highest BCUT2D eigenvalue weighted by molar-refractivity contribution is 7.89. The van der Waals surface area contributed by atoms with Crippen LogP contribution in [0.15, 0.2) is 29.2 Å². The first-order valence-corrected chi connectivity index (χ1v) is 12.1. The number of hydrogen-bond acceptors (Lipinski definition) is 7. The quantitative estimate of drug-likeness (QED) is 0.701. The Morgan fingerprint density at radius 1 is 0.903 bits per heavy atom. The summed E-state index contributed by atoms with van der Waals surface area (Å²) in [4.78, 5) is 14.8. The zero-order valence-electron chi connectivity index (χ0n) is 18.4.